The summed E-state index contributed by atoms with van der Waals surface area (Å²) in [6.45, 7) is 2.27. The topological polar surface area (TPSA) is 47.6 Å². The van der Waals surface area contributed by atoms with E-state index in [1.165, 1.54) is 7.11 Å². The molecule has 1 N–H and O–H groups in total. The van der Waals surface area contributed by atoms with Gasteiger partial charge in [-0.25, -0.2) is 0 Å². The first kappa shape index (κ1) is 16.5. The Hall–Kier alpha value is -1.91. The maximum Gasteiger partial charge on any atom is 0.259 e. The number of rotatable bonds is 5. The van der Waals surface area contributed by atoms with Crippen molar-refractivity contribution in [3.63, 3.8) is 0 Å². The number of hydrogen-bond acceptors (Lipinski definition) is 3. The van der Waals surface area contributed by atoms with Crippen molar-refractivity contribution >= 4 is 34.8 Å². The van der Waals surface area contributed by atoms with Crippen LogP contribution in [-0.4, -0.2) is 19.6 Å². The molecule has 0 bridgehead atoms. The Morgan fingerprint density at radius 3 is 2.45 bits per heavy atom. The molecule has 0 aliphatic heterocycles. The quantitative estimate of drug-likeness (QED) is 0.862. The zero-order chi connectivity index (χ0) is 16.1. The second kappa shape index (κ2) is 7.38. The number of methoxy groups -OCH3 is 1. The molecule has 0 atom stereocenters. The van der Waals surface area contributed by atoms with Gasteiger partial charge in [0.2, 0.25) is 0 Å². The highest BCUT2D eigenvalue weighted by molar-refractivity contribution is 6.31. The van der Waals surface area contributed by atoms with Crippen LogP contribution < -0.4 is 14.8 Å². The van der Waals surface area contributed by atoms with Crippen LogP contribution in [0.5, 0.6) is 11.5 Å². The summed E-state index contributed by atoms with van der Waals surface area (Å²) in [6.07, 6.45) is 0. The van der Waals surface area contributed by atoms with Crippen LogP contribution in [0.25, 0.3) is 0 Å². The fourth-order valence-electron chi connectivity index (χ4n) is 1.93. The Balaban J connectivity index is 2.31. The lowest BCUT2D eigenvalue weighted by molar-refractivity contribution is 0.102. The van der Waals surface area contributed by atoms with E-state index in [2.05, 4.69) is 5.32 Å². The van der Waals surface area contributed by atoms with Gasteiger partial charge in [-0.15, -0.1) is 0 Å². The third-order valence-electron chi connectivity index (χ3n) is 2.90. The van der Waals surface area contributed by atoms with E-state index in [1.54, 1.807) is 36.4 Å². The Morgan fingerprint density at radius 2 is 1.77 bits per heavy atom. The highest BCUT2D eigenvalue weighted by Gasteiger charge is 2.15. The monoisotopic (exact) mass is 339 g/mol. The number of hydrogen-bond donors (Lipinski definition) is 1. The van der Waals surface area contributed by atoms with Crippen molar-refractivity contribution in [3.05, 3.63) is 52.0 Å². The van der Waals surface area contributed by atoms with Gasteiger partial charge in [0.05, 0.1) is 25.0 Å². The average molecular weight is 340 g/mol. The summed E-state index contributed by atoms with van der Waals surface area (Å²) < 4.78 is 10.7. The van der Waals surface area contributed by atoms with Gasteiger partial charge in [-0.05, 0) is 43.3 Å². The lowest BCUT2D eigenvalue weighted by Gasteiger charge is -2.13. The van der Waals surface area contributed by atoms with Gasteiger partial charge in [-0.1, -0.05) is 23.2 Å². The molecule has 2 aromatic rings. The number of anilines is 1. The summed E-state index contributed by atoms with van der Waals surface area (Å²) in [7, 11) is 1.52. The smallest absolute Gasteiger partial charge is 0.259 e. The van der Waals surface area contributed by atoms with E-state index in [0.29, 0.717) is 39.4 Å². The zero-order valence-electron chi connectivity index (χ0n) is 12.2. The normalized spacial score (nSPS) is 10.2. The number of benzene rings is 2. The molecular weight excluding hydrogens is 325 g/mol. The minimum Gasteiger partial charge on any atom is -0.495 e. The largest absolute Gasteiger partial charge is 0.495 e. The van der Waals surface area contributed by atoms with Crippen LogP contribution in [0.3, 0.4) is 0 Å². The minimum atomic E-state index is -0.333. The number of carbonyl (C=O) groups excluding carboxylic acids is 1. The second-order valence-corrected chi connectivity index (χ2v) is 5.25. The van der Waals surface area contributed by atoms with Crippen LogP contribution >= 0.6 is 23.2 Å². The van der Waals surface area contributed by atoms with Gasteiger partial charge in [0.15, 0.2) is 0 Å². The fraction of sp³-hybridized carbons (Fsp3) is 0.188. The average Bonchev–Trinajstić information content (AvgIpc) is 2.48. The van der Waals surface area contributed by atoms with E-state index in [0.717, 1.165) is 0 Å². The lowest BCUT2D eigenvalue weighted by atomic mass is 10.1. The first-order valence-corrected chi connectivity index (χ1v) is 7.38. The molecule has 0 fully saturated rings. The fourth-order valence-corrected chi connectivity index (χ4v) is 2.26. The summed E-state index contributed by atoms with van der Waals surface area (Å²) in [5.74, 6) is 0.610. The number of carbonyl (C=O) groups is 1. The van der Waals surface area contributed by atoms with Gasteiger partial charge < -0.3 is 14.8 Å². The van der Waals surface area contributed by atoms with Crippen LogP contribution in [0, 0.1) is 0 Å². The summed E-state index contributed by atoms with van der Waals surface area (Å²) in [6, 6.07) is 9.84. The van der Waals surface area contributed by atoms with Gasteiger partial charge in [-0.3, -0.25) is 4.79 Å². The van der Waals surface area contributed by atoms with Gasteiger partial charge in [-0.2, -0.15) is 0 Å². The first-order chi connectivity index (χ1) is 10.5. The van der Waals surface area contributed by atoms with Crippen LogP contribution in [0.15, 0.2) is 36.4 Å². The predicted molar refractivity (Wildman–Crippen MR) is 88.6 cm³/mol. The van der Waals surface area contributed by atoms with Crippen molar-refractivity contribution in [1.29, 1.82) is 0 Å². The third kappa shape index (κ3) is 3.84. The van der Waals surface area contributed by atoms with E-state index < -0.39 is 0 Å². The molecule has 0 aromatic heterocycles. The van der Waals surface area contributed by atoms with Crippen LogP contribution in [-0.2, 0) is 0 Å². The summed E-state index contributed by atoms with van der Waals surface area (Å²) in [5.41, 5.74) is 0.866. The van der Waals surface area contributed by atoms with Gasteiger partial charge in [0, 0.05) is 10.0 Å². The SMILES string of the molecule is CCOc1cc(Cl)ccc1C(=O)Nc1cc(Cl)ccc1OC. The Labute approximate surface area is 138 Å². The molecule has 0 spiro atoms. The lowest BCUT2D eigenvalue weighted by Crippen LogP contribution is -2.14. The van der Waals surface area contributed by atoms with E-state index in [-0.39, 0.29) is 5.91 Å². The number of halogens is 2. The molecule has 4 nitrogen and oxygen atoms in total. The predicted octanol–water partition coefficient (Wildman–Crippen LogP) is 4.65. The molecule has 116 valence electrons. The number of nitrogens with one attached hydrogen (secondary N) is 1. The van der Waals surface area contributed by atoms with Crippen molar-refractivity contribution in [1.82, 2.24) is 0 Å². The molecule has 0 unspecified atom stereocenters. The number of ether oxygens (including phenoxy) is 2. The molecule has 0 aliphatic rings. The van der Waals surface area contributed by atoms with Crippen LogP contribution in [0.4, 0.5) is 5.69 Å². The molecule has 0 heterocycles. The molecule has 0 radical (unpaired) electrons. The summed E-state index contributed by atoms with van der Waals surface area (Å²) in [4.78, 5) is 12.5. The molecule has 1 amide bonds. The Morgan fingerprint density at radius 1 is 1.09 bits per heavy atom. The molecule has 22 heavy (non-hydrogen) atoms. The first-order valence-electron chi connectivity index (χ1n) is 6.62. The third-order valence-corrected chi connectivity index (χ3v) is 3.37. The maximum absolute atomic E-state index is 12.5. The molecule has 0 saturated heterocycles. The van der Waals surface area contributed by atoms with Crippen molar-refractivity contribution < 1.29 is 14.3 Å². The van der Waals surface area contributed by atoms with Crippen molar-refractivity contribution in [2.75, 3.05) is 19.0 Å². The highest BCUT2D eigenvalue weighted by atomic mass is 35.5. The summed E-state index contributed by atoms with van der Waals surface area (Å²) >= 11 is 11.9. The highest BCUT2D eigenvalue weighted by Crippen LogP contribution is 2.30. The van der Waals surface area contributed by atoms with Gasteiger partial charge in [0.1, 0.15) is 11.5 Å². The number of amides is 1. The molecular formula is C16H15Cl2NO3. The molecule has 6 heteroatoms. The van der Waals surface area contributed by atoms with E-state index in [1.807, 2.05) is 6.92 Å². The molecule has 2 rings (SSSR count). The summed E-state index contributed by atoms with van der Waals surface area (Å²) in [5, 5.41) is 3.76. The Kier molecular flexibility index (Phi) is 5.52. The van der Waals surface area contributed by atoms with E-state index in [9.17, 15) is 4.79 Å². The Bertz CT molecular complexity index is 689. The van der Waals surface area contributed by atoms with Crippen LogP contribution in [0.2, 0.25) is 10.0 Å². The molecule has 0 saturated carbocycles. The standard InChI is InChI=1S/C16H15Cl2NO3/c1-3-22-15-9-11(18)4-6-12(15)16(20)19-13-8-10(17)5-7-14(13)21-2/h4-9H,3H2,1-2H3,(H,19,20). The van der Waals surface area contributed by atoms with Crippen LogP contribution in [0.1, 0.15) is 17.3 Å². The van der Waals surface area contributed by atoms with Gasteiger partial charge in [0.25, 0.3) is 5.91 Å². The molecule has 0 aliphatic carbocycles. The van der Waals surface area contributed by atoms with Gasteiger partial charge >= 0.3 is 0 Å². The second-order valence-electron chi connectivity index (χ2n) is 4.37. The zero-order valence-corrected chi connectivity index (χ0v) is 13.7. The molecule has 2 aromatic carbocycles. The van der Waals surface area contributed by atoms with Crippen molar-refractivity contribution in [2.45, 2.75) is 6.92 Å². The van der Waals surface area contributed by atoms with E-state index >= 15 is 0 Å². The maximum atomic E-state index is 12.5. The van der Waals surface area contributed by atoms with Crippen molar-refractivity contribution in [3.8, 4) is 11.5 Å². The van der Waals surface area contributed by atoms with E-state index in [4.69, 9.17) is 32.7 Å². The minimum absolute atomic E-state index is 0.333. The van der Waals surface area contributed by atoms with Crippen molar-refractivity contribution in [2.24, 2.45) is 0 Å².